The van der Waals surface area contributed by atoms with Crippen molar-refractivity contribution in [3.63, 3.8) is 0 Å². The minimum Gasteiger partial charge on any atom is -0.358 e. The summed E-state index contributed by atoms with van der Waals surface area (Å²) in [5, 5.41) is 5.45. The van der Waals surface area contributed by atoms with Crippen LogP contribution >= 0.6 is 0 Å². The van der Waals surface area contributed by atoms with Crippen LogP contribution in [0.3, 0.4) is 0 Å². The highest BCUT2D eigenvalue weighted by Gasteiger charge is 2.26. The van der Waals surface area contributed by atoms with Crippen molar-refractivity contribution in [2.75, 3.05) is 31.5 Å². The van der Waals surface area contributed by atoms with E-state index in [0.717, 1.165) is 13.1 Å². The highest BCUT2D eigenvalue weighted by atomic mass is 19.1. The monoisotopic (exact) mass is 401 g/mol. The fraction of sp³-hybridized carbons (Fsp3) is 0.364. The van der Waals surface area contributed by atoms with Crippen LogP contribution in [0.15, 0.2) is 18.2 Å². The number of carbonyl (C=O) groups is 2. The van der Waals surface area contributed by atoms with Crippen molar-refractivity contribution in [2.45, 2.75) is 27.6 Å². The molecule has 2 aromatic rings. The van der Waals surface area contributed by atoms with Gasteiger partial charge in [-0.05, 0) is 56.7 Å². The first-order chi connectivity index (χ1) is 15.1. The third kappa shape index (κ3) is 4.24. The van der Waals surface area contributed by atoms with Gasteiger partial charge in [-0.15, -0.1) is 0 Å². The van der Waals surface area contributed by atoms with Crippen LogP contribution in [0.2, 0.25) is 0 Å². The number of halogens is 1. The lowest BCUT2D eigenvalue weighted by Crippen LogP contribution is -2.35. The molecule has 0 aliphatic carbocycles. The van der Waals surface area contributed by atoms with Crippen molar-refractivity contribution in [1.82, 2.24) is 15.2 Å². The molecule has 0 spiro atoms. The van der Waals surface area contributed by atoms with Crippen LogP contribution in [0.1, 0.15) is 50.8 Å². The number of anilines is 1. The quantitative estimate of drug-likeness (QED) is 0.623. The molecule has 0 saturated carbocycles. The molecule has 2 heterocycles. The Morgan fingerprint density at radius 3 is 2.79 bits per heavy atom. The summed E-state index contributed by atoms with van der Waals surface area (Å²) in [5.41, 5.74) is 1.60. The normalized spacial score (nSPS) is 16.4. The van der Waals surface area contributed by atoms with Gasteiger partial charge >= 0.3 is 0 Å². The van der Waals surface area contributed by atoms with E-state index in [1.165, 1.54) is 24.3 Å². The van der Waals surface area contributed by atoms with Gasteiger partial charge in [-0.3, -0.25) is 9.59 Å². The first kappa shape index (κ1) is 17.0. The summed E-state index contributed by atoms with van der Waals surface area (Å²) in [6.07, 6.45) is 1.46. The van der Waals surface area contributed by atoms with Crippen molar-refractivity contribution in [3.05, 3.63) is 52.1 Å². The van der Waals surface area contributed by atoms with Crippen molar-refractivity contribution < 1.29 is 18.1 Å². The number of hydrogen-bond acceptors (Lipinski definition) is 3. The summed E-state index contributed by atoms with van der Waals surface area (Å²) in [5.74, 6) is -1.42. The number of benzene rings is 1. The molecule has 1 aromatic heterocycles. The lowest BCUT2D eigenvalue weighted by molar-refractivity contribution is -0.110. The van der Waals surface area contributed by atoms with E-state index >= 15 is 0 Å². The molecule has 1 aromatic carbocycles. The Kier molecular flexibility index (Phi) is 5.04. The first-order valence-electron chi connectivity index (χ1n) is 11.1. The number of H-pyrrole nitrogens is 1. The van der Waals surface area contributed by atoms with Gasteiger partial charge in [0.05, 0.1) is 11.1 Å². The van der Waals surface area contributed by atoms with Crippen LogP contribution in [-0.4, -0.2) is 47.9 Å². The second kappa shape index (κ2) is 8.61. The molecule has 6 nitrogen and oxygen atoms in total. The van der Waals surface area contributed by atoms with Gasteiger partial charge in [0.25, 0.3) is 11.8 Å². The van der Waals surface area contributed by atoms with Gasteiger partial charge in [-0.2, -0.15) is 0 Å². The number of likely N-dealkylation sites (N-methyl/N-ethyl adjacent to an activating group) is 1. The molecule has 1 aliphatic rings. The molecule has 2 amide bonds. The number of rotatable bonds is 7. The van der Waals surface area contributed by atoms with E-state index in [2.05, 4.69) is 20.5 Å². The molecule has 0 fully saturated rings. The van der Waals surface area contributed by atoms with E-state index < -0.39 is 24.5 Å². The molecule has 0 atom stereocenters. The van der Waals surface area contributed by atoms with Gasteiger partial charge in [0.2, 0.25) is 0 Å². The molecule has 154 valence electrons. The molecule has 0 bridgehead atoms. The average molecular weight is 402 g/mol. The third-order valence-corrected chi connectivity index (χ3v) is 5.18. The van der Waals surface area contributed by atoms with Crippen molar-refractivity contribution in [1.29, 1.82) is 0 Å². The number of aromatic nitrogens is 1. The van der Waals surface area contributed by atoms with Gasteiger partial charge in [-0.25, -0.2) is 4.39 Å². The number of carbonyl (C=O) groups excluding carboxylic acids is 2. The predicted molar refractivity (Wildman–Crippen MR) is 113 cm³/mol. The van der Waals surface area contributed by atoms with Crippen LogP contribution in [0.4, 0.5) is 10.1 Å². The van der Waals surface area contributed by atoms with Crippen LogP contribution in [0.5, 0.6) is 0 Å². The zero-order chi connectivity index (χ0) is 23.6. The largest absolute Gasteiger partial charge is 0.358 e. The number of hydrogen-bond donors (Lipinski definition) is 3. The van der Waals surface area contributed by atoms with E-state index in [9.17, 15) is 14.0 Å². The predicted octanol–water partition coefficient (Wildman–Crippen LogP) is 3.33. The fourth-order valence-electron chi connectivity index (χ4n) is 3.44. The molecule has 0 saturated heterocycles. The van der Waals surface area contributed by atoms with Crippen molar-refractivity contribution in [2.24, 2.45) is 0 Å². The Morgan fingerprint density at radius 1 is 1.34 bits per heavy atom. The second-order valence-electron chi connectivity index (χ2n) is 6.90. The Balaban J connectivity index is 1.97. The highest BCUT2D eigenvalue weighted by Crippen LogP contribution is 2.34. The van der Waals surface area contributed by atoms with Crippen LogP contribution in [-0.2, 0) is 4.79 Å². The van der Waals surface area contributed by atoms with Gasteiger partial charge in [0, 0.05) is 39.8 Å². The molecule has 29 heavy (non-hydrogen) atoms. The van der Waals surface area contributed by atoms with Gasteiger partial charge < -0.3 is 20.5 Å². The zero-order valence-corrected chi connectivity index (χ0v) is 16.8. The van der Waals surface area contributed by atoms with Crippen molar-refractivity contribution in [3.8, 4) is 0 Å². The standard InChI is InChI=1S/C22H27FN4O2/c1-5-27(6-2)10-9-24-22(29)20-13(3)19(25-14(20)4)12-17-16-11-15(23)7-8-18(16)26-21(17)28/h7-8,11-12,25H,5-6,9-10H2,1-4H3,(H,24,29)(H,26,28)/b17-12-/i4D3. The van der Waals surface area contributed by atoms with E-state index in [4.69, 9.17) is 4.11 Å². The Bertz CT molecular complexity index is 1070. The molecule has 7 heteroatoms. The maximum absolute atomic E-state index is 13.7. The summed E-state index contributed by atoms with van der Waals surface area (Å²) in [6, 6.07) is 3.95. The van der Waals surface area contributed by atoms with E-state index in [1.807, 2.05) is 13.8 Å². The summed E-state index contributed by atoms with van der Waals surface area (Å²) in [7, 11) is 0. The minimum atomic E-state index is -2.56. The number of amides is 2. The molecule has 3 rings (SSSR count). The Hall–Kier alpha value is -2.93. The lowest BCUT2D eigenvalue weighted by Gasteiger charge is -2.18. The summed E-state index contributed by atoms with van der Waals surface area (Å²) >= 11 is 0. The maximum Gasteiger partial charge on any atom is 0.256 e. The molecule has 0 radical (unpaired) electrons. The summed E-state index contributed by atoms with van der Waals surface area (Å²) in [6.45, 7) is 5.82. The molecule has 1 aliphatic heterocycles. The van der Waals surface area contributed by atoms with Crippen LogP contribution in [0, 0.1) is 19.6 Å². The average Bonchev–Trinajstić information content (AvgIpc) is 3.22. The minimum absolute atomic E-state index is 0.0364. The molecule has 0 unspecified atom stereocenters. The number of nitrogens with one attached hydrogen (secondary N) is 3. The highest BCUT2D eigenvalue weighted by molar-refractivity contribution is 6.34. The number of fused-ring (bicyclic) bond motifs is 1. The van der Waals surface area contributed by atoms with Crippen molar-refractivity contribution >= 4 is 29.2 Å². The first-order valence-corrected chi connectivity index (χ1v) is 9.63. The van der Waals surface area contributed by atoms with E-state index in [1.54, 1.807) is 6.92 Å². The summed E-state index contributed by atoms with van der Waals surface area (Å²) in [4.78, 5) is 30.3. The molecular formula is C22H27FN4O2. The number of nitrogens with zero attached hydrogens (tertiary/aromatic N) is 1. The Labute approximate surface area is 174 Å². The molecule has 3 N–H and O–H groups in total. The van der Waals surface area contributed by atoms with Gasteiger partial charge in [0.15, 0.2) is 0 Å². The maximum atomic E-state index is 13.7. The van der Waals surface area contributed by atoms with E-state index in [0.29, 0.717) is 35.6 Å². The second-order valence-corrected chi connectivity index (χ2v) is 6.90. The number of aryl methyl sites for hydroxylation is 1. The molecular weight excluding hydrogens is 371 g/mol. The summed E-state index contributed by atoms with van der Waals surface area (Å²) < 4.78 is 37.3. The fourth-order valence-corrected chi connectivity index (χ4v) is 3.44. The van der Waals surface area contributed by atoms with E-state index in [-0.39, 0.29) is 16.8 Å². The van der Waals surface area contributed by atoms with Gasteiger partial charge in [-0.1, -0.05) is 13.8 Å². The third-order valence-electron chi connectivity index (χ3n) is 5.18. The smallest absolute Gasteiger partial charge is 0.256 e. The zero-order valence-electron chi connectivity index (χ0n) is 19.8. The van der Waals surface area contributed by atoms with Crippen LogP contribution in [0.25, 0.3) is 11.6 Å². The lowest BCUT2D eigenvalue weighted by atomic mass is 10.0. The Morgan fingerprint density at radius 2 is 2.10 bits per heavy atom. The number of aromatic amines is 1. The SMILES string of the molecule is [2H]C([2H])([2H])c1[nH]c(/C=C2\C(=O)Nc3ccc(F)cc32)c(C)c1C(=O)NCCN(CC)CC. The van der Waals surface area contributed by atoms with Gasteiger partial charge in [0.1, 0.15) is 5.82 Å². The van der Waals surface area contributed by atoms with Crippen LogP contribution < -0.4 is 10.6 Å². The topological polar surface area (TPSA) is 77.2 Å².